The van der Waals surface area contributed by atoms with E-state index in [0.717, 1.165) is 33.9 Å². The molecule has 3 rings (SSSR count). The number of aromatic nitrogens is 2. The third-order valence-electron chi connectivity index (χ3n) is 4.11. The molecule has 7 heteroatoms. The summed E-state index contributed by atoms with van der Waals surface area (Å²) in [6.07, 6.45) is 2.52. The molecule has 0 bridgehead atoms. The van der Waals surface area contributed by atoms with Gasteiger partial charge in [0, 0.05) is 18.0 Å². The van der Waals surface area contributed by atoms with Gasteiger partial charge in [-0.3, -0.25) is 14.5 Å². The van der Waals surface area contributed by atoms with Gasteiger partial charge in [0.25, 0.3) is 0 Å². The first-order valence-electron chi connectivity index (χ1n) is 8.38. The number of benzene rings is 1. The highest BCUT2D eigenvalue weighted by atomic mass is 32.2. The predicted octanol–water partition coefficient (Wildman–Crippen LogP) is 4.04. The van der Waals surface area contributed by atoms with E-state index in [4.69, 9.17) is 0 Å². The Morgan fingerprint density at radius 3 is 2.72 bits per heavy atom. The lowest BCUT2D eigenvalue weighted by Crippen LogP contribution is -2.32. The van der Waals surface area contributed by atoms with E-state index in [1.807, 2.05) is 39.0 Å². The fraction of sp³-hybridized carbons (Fsp3) is 0.444. The molecule has 1 amide bonds. The number of anilines is 1. The highest BCUT2D eigenvalue weighted by Gasteiger charge is 2.35. The van der Waals surface area contributed by atoms with Crippen LogP contribution in [0.3, 0.4) is 0 Å². The molecule has 0 N–H and O–H groups in total. The smallest absolute Gasteiger partial charge is 0.228 e. The summed E-state index contributed by atoms with van der Waals surface area (Å²) >= 11 is 2.78. The Balaban J connectivity index is 1.66. The van der Waals surface area contributed by atoms with E-state index in [2.05, 4.69) is 10.2 Å². The Morgan fingerprint density at radius 2 is 2.04 bits per heavy atom. The van der Waals surface area contributed by atoms with E-state index >= 15 is 0 Å². The molecule has 25 heavy (non-hydrogen) atoms. The number of carbonyl (C=O) groups is 2. The Labute approximate surface area is 155 Å². The number of rotatable bonds is 7. The van der Waals surface area contributed by atoms with Gasteiger partial charge in [-0.05, 0) is 38.3 Å². The monoisotopic (exact) mass is 375 g/mol. The van der Waals surface area contributed by atoms with E-state index in [0.29, 0.717) is 17.3 Å². The molecule has 0 aliphatic heterocycles. The fourth-order valence-corrected chi connectivity index (χ4v) is 4.38. The lowest BCUT2D eigenvalue weighted by Gasteiger charge is -2.17. The van der Waals surface area contributed by atoms with Gasteiger partial charge in [-0.2, -0.15) is 0 Å². The maximum atomic E-state index is 12.5. The van der Waals surface area contributed by atoms with Crippen LogP contribution in [-0.2, 0) is 4.79 Å². The molecule has 5 nitrogen and oxygen atoms in total. The molecule has 1 aliphatic rings. The Kier molecular flexibility index (Phi) is 5.54. The molecule has 132 valence electrons. The molecule has 1 heterocycles. The van der Waals surface area contributed by atoms with Crippen molar-refractivity contribution in [2.24, 2.45) is 0 Å². The standard InChI is InChI=1S/C18H21N3O2S2/c1-4-16(23)21(13-7-8-13)17-19-20-18(25-17)24-10-15(22)14-9-11(2)5-6-12(14)3/h5-6,9,13H,4,7-8,10H2,1-3H3. The average molecular weight is 376 g/mol. The zero-order chi connectivity index (χ0) is 18.0. The Morgan fingerprint density at radius 1 is 1.28 bits per heavy atom. The molecule has 0 unspecified atom stereocenters. The second-order valence-corrected chi connectivity index (χ2v) is 8.41. The fourth-order valence-electron chi connectivity index (χ4n) is 2.57. The molecule has 0 radical (unpaired) electrons. The normalized spacial score (nSPS) is 13.7. The van der Waals surface area contributed by atoms with E-state index < -0.39 is 0 Å². The zero-order valence-electron chi connectivity index (χ0n) is 14.6. The first-order valence-corrected chi connectivity index (χ1v) is 10.2. The highest BCUT2D eigenvalue weighted by molar-refractivity contribution is 8.01. The number of hydrogen-bond donors (Lipinski definition) is 0. The Hall–Kier alpha value is -1.73. The molecule has 1 aromatic heterocycles. The third kappa shape index (κ3) is 4.27. The third-order valence-corrected chi connectivity index (χ3v) is 6.16. The molecular weight excluding hydrogens is 354 g/mol. The first-order chi connectivity index (χ1) is 12.0. The minimum Gasteiger partial charge on any atom is -0.293 e. The van der Waals surface area contributed by atoms with Gasteiger partial charge in [0.1, 0.15) is 0 Å². The van der Waals surface area contributed by atoms with Crippen molar-refractivity contribution in [3.8, 4) is 0 Å². The second kappa shape index (κ2) is 7.66. The summed E-state index contributed by atoms with van der Waals surface area (Å²) in [5.41, 5.74) is 2.83. The minimum atomic E-state index is 0.0849. The van der Waals surface area contributed by atoms with Crippen LogP contribution in [0, 0.1) is 13.8 Å². The van der Waals surface area contributed by atoms with Gasteiger partial charge < -0.3 is 0 Å². The number of hydrogen-bond acceptors (Lipinski definition) is 6. The van der Waals surface area contributed by atoms with Crippen molar-refractivity contribution in [1.29, 1.82) is 0 Å². The molecule has 0 atom stereocenters. The summed E-state index contributed by atoms with van der Waals surface area (Å²) in [6, 6.07) is 6.18. The summed E-state index contributed by atoms with van der Waals surface area (Å²) < 4.78 is 0.725. The second-order valence-electron chi connectivity index (χ2n) is 6.23. The predicted molar refractivity (Wildman–Crippen MR) is 102 cm³/mol. The number of aryl methyl sites for hydroxylation is 2. The number of ketones is 1. The summed E-state index contributed by atoms with van der Waals surface area (Å²) in [7, 11) is 0. The first kappa shape index (κ1) is 18.1. The van der Waals surface area contributed by atoms with Crippen LogP contribution in [0.25, 0.3) is 0 Å². The number of amides is 1. The molecule has 1 saturated carbocycles. The van der Waals surface area contributed by atoms with Crippen LogP contribution in [0.1, 0.15) is 47.7 Å². The van der Waals surface area contributed by atoms with Gasteiger partial charge >= 0.3 is 0 Å². The lowest BCUT2D eigenvalue weighted by atomic mass is 10.0. The molecule has 0 saturated heterocycles. The van der Waals surface area contributed by atoms with E-state index in [1.54, 1.807) is 4.90 Å². The van der Waals surface area contributed by atoms with E-state index in [9.17, 15) is 9.59 Å². The topological polar surface area (TPSA) is 63.2 Å². The van der Waals surface area contributed by atoms with Crippen LogP contribution in [-0.4, -0.2) is 33.7 Å². The van der Waals surface area contributed by atoms with Crippen LogP contribution in [0.5, 0.6) is 0 Å². The summed E-state index contributed by atoms with van der Waals surface area (Å²) in [5.74, 6) is 0.498. The van der Waals surface area contributed by atoms with Gasteiger partial charge in [0.05, 0.1) is 5.75 Å². The van der Waals surface area contributed by atoms with Gasteiger partial charge in [-0.15, -0.1) is 10.2 Å². The summed E-state index contributed by atoms with van der Waals surface area (Å²) in [5, 5.41) is 8.97. The SMILES string of the molecule is CCC(=O)N(c1nnc(SCC(=O)c2cc(C)ccc2C)s1)C1CC1. The minimum absolute atomic E-state index is 0.0849. The highest BCUT2D eigenvalue weighted by Crippen LogP contribution is 2.36. The van der Waals surface area contributed by atoms with Gasteiger partial charge in [0.2, 0.25) is 11.0 Å². The van der Waals surface area contributed by atoms with Crippen LogP contribution >= 0.6 is 23.1 Å². The van der Waals surface area contributed by atoms with Crippen LogP contribution in [0.4, 0.5) is 5.13 Å². The van der Waals surface area contributed by atoms with Gasteiger partial charge in [0.15, 0.2) is 10.1 Å². The van der Waals surface area contributed by atoms with Crippen molar-refractivity contribution in [2.75, 3.05) is 10.7 Å². The Bertz CT molecular complexity index is 799. The zero-order valence-corrected chi connectivity index (χ0v) is 16.2. The molecule has 1 aromatic carbocycles. The molecular formula is C18H21N3O2S2. The maximum Gasteiger partial charge on any atom is 0.228 e. The van der Waals surface area contributed by atoms with Crippen molar-refractivity contribution in [1.82, 2.24) is 10.2 Å². The number of carbonyl (C=O) groups excluding carboxylic acids is 2. The van der Waals surface area contributed by atoms with Crippen molar-refractivity contribution in [3.63, 3.8) is 0 Å². The van der Waals surface area contributed by atoms with Crippen molar-refractivity contribution in [3.05, 3.63) is 34.9 Å². The molecule has 0 spiro atoms. The van der Waals surface area contributed by atoms with Crippen molar-refractivity contribution >= 4 is 39.9 Å². The van der Waals surface area contributed by atoms with Crippen LogP contribution in [0.2, 0.25) is 0 Å². The number of thioether (sulfide) groups is 1. The number of Topliss-reactive ketones (excluding diaryl/α,β-unsaturated/α-hetero) is 1. The summed E-state index contributed by atoms with van der Waals surface area (Å²) in [4.78, 5) is 26.4. The molecule has 1 aliphatic carbocycles. The van der Waals surface area contributed by atoms with Gasteiger partial charge in [-0.1, -0.05) is 47.7 Å². The lowest BCUT2D eigenvalue weighted by molar-refractivity contribution is -0.118. The van der Waals surface area contributed by atoms with E-state index in [1.165, 1.54) is 23.1 Å². The van der Waals surface area contributed by atoms with Crippen molar-refractivity contribution in [2.45, 2.75) is 50.4 Å². The van der Waals surface area contributed by atoms with Crippen molar-refractivity contribution < 1.29 is 9.59 Å². The average Bonchev–Trinajstić information content (AvgIpc) is 3.32. The van der Waals surface area contributed by atoms with Gasteiger partial charge in [-0.25, -0.2) is 0 Å². The van der Waals surface area contributed by atoms with E-state index in [-0.39, 0.29) is 17.7 Å². The maximum absolute atomic E-state index is 12.5. The van der Waals surface area contributed by atoms with Crippen LogP contribution in [0.15, 0.2) is 22.5 Å². The number of nitrogens with zero attached hydrogens (tertiary/aromatic N) is 3. The quantitative estimate of drug-likeness (QED) is 0.415. The summed E-state index contributed by atoms with van der Waals surface area (Å²) in [6.45, 7) is 5.79. The molecule has 1 fully saturated rings. The van der Waals surface area contributed by atoms with Crippen LogP contribution < -0.4 is 4.90 Å². The largest absolute Gasteiger partial charge is 0.293 e. The molecule has 2 aromatic rings.